The van der Waals surface area contributed by atoms with E-state index in [0.717, 1.165) is 60.8 Å². The summed E-state index contributed by atoms with van der Waals surface area (Å²) >= 11 is 0. The second-order valence-electron chi connectivity index (χ2n) is 8.12. The van der Waals surface area contributed by atoms with E-state index in [1.165, 1.54) is 17.7 Å². The molecule has 0 unspecified atom stereocenters. The van der Waals surface area contributed by atoms with Gasteiger partial charge in [0.1, 0.15) is 5.82 Å². The van der Waals surface area contributed by atoms with Crippen molar-refractivity contribution in [3.8, 4) is 11.1 Å². The Morgan fingerprint density at radius 1 is 0.839 bits per heavy atom. The number of rotatable bonds is 4. The first-order valence-electron chi connectivity index (χ1n) is 10.6. The van der Waals surface area contributed by atoms with E-state index in [1.807, 2.05) is 12.1 Å². The van der Waals surface area contributed by atoms with Gasteiger partial charge in [-0.05, 0) is 46.5 Å². The summed E-state index contributed by atoms with van der Waals surface area (Å²) in [5.74, 6) is -0.211. The summed E-state index contributed by atoms with van der Waals surface area (Å²) in [5, 5.41) is 5.69. The van der Waals surface area contributed by atoms with E-state index in [1.54, 1.807) is 0 Å². The van der Waals surface area contributed by atoms with Crippen LogP contribution in [0.1, 0.15) is 11.1 Å². The summed E-state index contributed by atoms with van der Waals surface area (Å²) in [6.07, 6.45) is 0. The Balaban J connectivity index is 1.18. The molecule has 3 aromatic carbocycles. The molecule has 5 nitrogen and oxygen atoms in total. The van der Waals surface area contributed by atoms with Crippen LogP contribution in [0, 0.1) is 5.82 Å². The second kappa shape index (κ2) is 8.40. The molecule has 2 amide bonds. The fourth-order valence-corrected chi connectivity index (χ4v) is 4.24. The molecule has 2 N–H and O–H groups in total. The van der Waals surface area contributed by atoms with Crippen molar-refractivity contribution in [3.05, 3.63) is 83.7 Å². The smallest absolute Gasteiger partial charge is 0.319 e. The van der Waals surface area contributed by atoms with Crippen LogP contribution in [0.2, 0.25) is 0 Å². The van der Waals surface area contributed by atoms with Crippen LogP contribution in [-0.2, 0) is 13.1 Å². The van der Waals surface area contributed by atoms with Crippen LogP contribution in [0.3, 0.4) is 0 Å². The maximum absolute atomic E-state index is 13.1. The molecule has 2 aliphatic rings. The number of hydrogen-bond donors (Lipinski definition) is 2. The molecule has 0 spiro atoms. The maximum Gasteiger partial charge on any atom is 0.319 e. The molecule has 31 heavy (non-hydrogen) atoms. The molecule has 0 saturated carbocycles. The Hall–Kier alpha value is -3.38. The lowest BCUT2D eigenvalue weighted by Crippen LogP contribution is -2.46. The number of fused-ring (bicyclic) bond motifs is 1. The number of carbonyl (C=O) groups excluding carboxylic acids is 1. The molecule has 158 valence electrons. The Bertz CT molecular complexity index is 1070. The lowest BCUT2D eigenvalue weighted by atomic mass is 10.0. The van der Waals surface area contributed by atoms with Gasteiger partial charge in [-0.3, -0.25) is 4.90 Å². The van der Waals surface area contributed by atoms with Crippen molar-refractivity contribution in [3.63, 3.8) is 0 Å². The van der Waals surface area contributed by atoms with E-state index in [9.17, 15) is 9.18 Å². The Morgan fingerprint density at radius 3 is 2.23 bits per heavy atom. The van der Waals surface area contributed by atoms with E-state index in [0.29, 0.717) is 6.54 Å². The summed E-state index contributed by atoms with van der Waals surface area (Å²) in [5.41, 5.74) is 6.59. The highest BCUT2D eigenvalue weighted by Crippen LogP contribution is 2.27. The van der Waals surface area contributed by atoms with Gasteiger partial charge in [0.2, 0.25) is 0 Å². The largest absolute Gasteiger partial charge is 0.369 e. The number of hydrogen-bond acceptors (Lipinski definition) is 3. The van der Waals surface area contributed by atoms with E-state index in [4.69, 9.17) is 0 Å². The molecule has 3 aromatic rings. The average Bonchev–Trinajstić information content (AvgIpc) is 2.80. The van der Waals surface area contributed by atoms with Gasteiger partial charge in [0, 0.05) is 50.6 Å². The van der Waals surface area contributed by atoms with Crippen molar-refractivity contribution < 1.29 is 9.18 Å². The van der Waals surface area contributed by atoms with Gasteiger partial charge in [0.05, 0.1) is 0 Å². The van der Waals surface area contributed by atoms with Crippen molar-refractivity contribution >= 4 is 17.4 Å². The minimum Gasteiger partial charge on any atom is -0.369 e. The first kappa shape index (κ1) is 19.6. The van der Waals surface area contributed by atoms with Crippen LogP contribution < -0.4 is 15.5 Å². The third-order valence-corrected chi connectivity index (χ3v) is 6.06. The summed E-state index contributed by atoms with van der Waals surface area (Å²) in [6, 6.07) is 21.3. The molecule has 0 bridgehead atoms. The van der Waals surface area contributed by atoms with Crippen molar-refractivity contribution in [2.24, 2.45) is 0 Å². The number of nitrogens with zero attached hydrogens (tertiary/aromatic N) is 2. The van der Waals surface area contributed by atoms with Gasteiger partial charge >= 0.3 is 6.03 Å². The van der Waals surface area contributed by atoms with Gasteiger partial charge in [-0.2, -0.15) is 0 Å². The van der Waals surface area contributed by atoms with Gasteiger partial charge < -0.3 is 15.5 Å². The van der Waals surface area contributed by atoms with E-state index >= 15 is 0 Å². The summed E-state index contributed by atoms with van der Waals surface area (Å²) < 4.78 is 13.1. The van der Waals surface area contributed by atoms with Gasteiger partial charge in [-0.15, -0.1) is 0 Å². The SMILES string of the molecule is O=C1NCc2ccc(N3CCN(Cc4ccc(-c5ccc(F)cc5)cc4)CC3)cc2N1. The van der Waals surface area contributed by atoms with E-state index in [2.05, 4.69) is 62.9 Å². The number of piperazine rings is 1. The average molecular weight is 417 g/mol. The topological polar surface area (TPSA) is 47.6 Å². The summed E-state index contributed by atoms with van der Waals surface area (Å²) in [4.78, 5) is 16.4. The first-order chi connectivity index (χ1) is 15.1. The predicted octanol–water partition coefficient (Wildman–Crippen LogP) is 4.45. The Kier molecular flexibility index (Phi) is 5.30. The molecule has 0 aromatic heterocycles. The number of nitrogens with one attached hydrogen (secondary N) is 2. The predicted molar refractivity (Wildman–Crippen MR) is 122 cm³/mol. The number of benzene rings is 3. The Labute approximate surface area is 181 Å². The first-order valence-corrected chi connectivity index (χ1v) is 10.6. The normalized spacial score (nSPS) is 16.4. The zero-order chi connectivity index (χ0) is 21.2. The van der Waals surface area contributed by atoms with E-state index < -0.39 is 0 Å². The standard InChI is InChI=1S/C25H25FN4O/c26-22-8-5-20(6-9-22)19-3-1-18(2-4-19)17-29-11-13-30(14-12-29)23-10-7-21-16-27-25(31)28-24(21)15-23/h1-10,15H,11-14,16-17H2,(H2,27,28,31). The van der Waals surface area contributed by atoms with Gasteiger partial charge in [0.25, 0.3) is 0 Å². The Morgan fingerprint density at radius 2 is 1.52 bits per heavy atom. The van der Waals surface area contributed by atoms with E-state index in [-0.39, 0.29) is 11.8 Å². The lowest BCUT2D eigenvalue weighted by Gasteiger charge is -2.36. The van der Waals surface area contributed by atoms with Crippen LogP contribution in [0.15, 0.2) is 66.7 Å². The highest BCUT2D eigenvalue weighted by Gasteiger charge is 2.20. The maximum atomic E-state index is 13.1. The molecular weight excluding hydrogens is 391 g/mol. The number of anilines is 2. The van der Waals surface area contributed by atoms with Crippen LogP contribution in [0.4, 0.5) is 20.6 Å². The van der Waals surface area contributed by atoms with Crippen LogP contribution in [0.25, 0.3) is 11.1 Å². The second-order valence-corrected chi connectivity index (χ2v) is 8.12. The minimum atomic E-state index is -0.211. The third kappa shape index (κ3) is 4.39. The molecule has 1 saturated heterocycles. The molecule has 0 atom stereocenters. The van der Waals surface area contributed by atoms with Crippen molar-refractivity contribution in [1.82, 2.24) is 10.2 Å². The highest BCUT2D eigenvalue weighted by atomic mass is 19.1. The van der Waals surface area contributed by atoms with Gasteiger partial charge in [-0.1, -0.05) is 42.5 Å². The monoisotopic (exact) mass is 416 g/mol. The van der Waals surface area contributed by atoms with Crippen molar-refractivity contribution in [2.45, 2.75) is 13.1 Å². The van der Waals surface area contributed by atoms with Crippen molar-refractivity contribution in [2.75, 3.05) is 36.4 Å². The zero-order valence-electron chi connectivity index (χ0n) is 17.3. The summed E-state index contributed by atoms with van der Waals surface area (Å²) in [7, 11) is 0. The molecular formula is C25H25FN4O. The molecule has 5 rings (SSSR count). The fraction of sp³-hybridized carbons (Fsp3) is 0.240. The molecule has 2 heterocycles. The quantitative estimate of drug-likeness (QED) is 0.661. The number of halogens is 1. The van der Waals surface area contributed by atoms with Gasteiger partial charge in [0.15, 0.2) is 0 Å². The molecule has 2 aliphatic heterocycles. The van der Waals surface area contributed by atoms with Crippen LogP contribution in [0.5, 0.6) is 0 Å². The van der Waals surface area contributed by atoms with Gasteiger partial charge in [-0.25, -0.2) is 9.18 Å². The molecule has 6 heteroatoms. The number of urea groups is 1. The summed E-state index contributed by atoms with van der Waals surface area (Å²) in [6.45, 7) is 5.39. The molecule has 0 aliphatic carbocycles. The van der Waals surface area contributed by atoms with Crippen molar-refractivity contribution in [1.29, 1.82) is 0 Å². The molecule has 1 fully saturated rings. The highest BCUT2D eigenvalue weighted by molar-refractivity contribution is 5.93. The zero-order valence-corrected chi connectivity index (χ0v) is 17.3. The van der Waals surface area contributed by atoms with Crippen LogP contribution in [-0.4, -0.2) is 37.1 Å². The fourth-order valence-electron chi connectivity index (χ4n) is 4.24. The lowest BCUT2D eigenvalue weighted by molar-refractivity contribution is 0.249. The third-order valence-electron chi connectivity index (χ3n) is 6.06. The number of amides is 2. The van der Waals surface area contributed by atoms with Crippen LogP contribution >= 0.6 is 0 Å². The number of carbonyl (C=O) groups is 1. The molecule has 0 radical (unpaired) electrons. The minimum absolute atomic E-state index is 0.139.